The van der Waals surface area contributed by atoms with Gasteiger partial charge in [-0.1, -0.05) is 27.7 Å². The normalized spacial score (nSPS) is 13.0. The first kappa shape index (κ1) is 15.3. The molecule has 1 heterocycles. The van der Waals surface area contributed by atoms with Crippen LogP contribution < -0.4 is 10.9 Å². The van der Waals surface area contributed by atoms with E-state index in [0.29, 0.717) is 5.16 Å². The van der Waals surface area contributed by atoms with Crippen molar-refractivity contribution in [3.8, 4) is 0 Å². The Labute approximate surface area is 140 Å². The molecule has 0 atom stereocenters. The molecule has 0 saturated carbocycles. The molecule has 0 unspecified atom stereocenters. The highest BCUT2D eigenvalue weighted by Gasteiger charge is 2.17. The Balaban J connectivity index is 1.60. The van der Waals surface area contributed by atoms with Crippen LogP contribution in [0.4, 0.5) is 5.69 Å². The smallest absolute Gasteiger partial charge is 0.254 e. The summed E-state index contributed by atoms with van der Waals surface area (Å²) in [5, 5.41) is 3.32. The zero-order valence-electron chi connectivity index (χ0n) is 11.7. The van der Waals surface area contributed by atoms with Crippen molar-refractivity contribution in [2.24, 2.45) is 0 Å². The number of aryl methyl sites for hydroxylation is 1. The van der Waals surface area contributed by atoms with Crippen LogP contribution in [0.5, 0.6) is 0 Å². The third-order valence-corrected chi connectivity index (χ3v) is 4.79. The SMILES string of the molecule is O=C(CSc1nc2c(c(=O)[nH]1)CCC2)Nc1ccc(Br)cc1. The van der Waals surface area contributed by atoms with Crippen LogP contribution in [0, 0.1) is 0 Å². The quantitative estimate of drug-likeness (QED) is 0.632. The minimum Gasteiger partial charge on any atom is -0.325 e. The molecule has 7 heteroatoms. The summed E-state index contributed by atoms with van der Waals surface area (Å²) in [6.07, 6.45) is 2.62. The number of anilines is 1. The number of carbonyl (C=O) groups is 1. The van der Waals surface area contributed by atoms with Crippen LogP contribution in [0.3, 0.4) is 0 Å². The van der Waals surface area contributed by atoms with Crippen molar-refractivity contribution in [2.45, 2.75) is 24.4 Å². The fourth-order valence-corrected chi connectivity index (χ4v) is 3.30. The standard InChI is InChI=1S/C15H14BrN3O2S/c16-9-4-6-10(7-5-9)17-13(20)8-22-15-18-12-3-1-2-11(12)14(21)19-15/h4-7H,1-3,8H2,(H,17,20)(H,18,19,21). The van der Waals surface area contributed by atoms with Crippen LogP contribution in [0.2, 0.25) is 0 Å². The van der Waals surface area contributed by atoms with Crippen molar-refractivity contribution in [3.05, 3.63) is 50.3 Å². The minimum atomic E-state index is -0.129. The lowest BCUT2D eigenvalue weighted by molar-refractivity contribution is -0.113. The maximum Gasteiger partial charge on any atom is 0.254 e. The van der Waals surface area contributed by atoms with E-state index in [1.54, 1.807) is 0 Å². The molecule has 5 nitrogen and oxygen atoms in total. The van der Waals surface area contributed by atoms with Gasteiger partial charge in [-0.05, 0) is 43.5 Å². The molecule has 1 amide bonds. The molecular weight excluding hydrogens is 366 g/mol. The highest BCUT2D eigenvalue weighted by Crippen LogP contribution is 2.20. The summed E-state index contributed by atoms with van der Waals surface area (Å²) >= 11 is 4.59. The van der Waals surface area contributed by atoms with Gasteiger partial charge in [0.1, 0.15) is 0 Å². The number of aromatic nitrogens is 2. The number of amides is 1. The number of fused-ring (bicyclic) bond motifs is 1. The number of nitrogens with zero attached hydrogens (tertiary/aromatic N) is 1. The molecule has 0 saturated heterocycles. The number of carbonyl (C=O) groups excluding carboxylic acids is 1. The van der Waals surface area contributed by atoms with Crippen molar-refractivity contribution >= 4 is 39.3 Å². The molecule has 0 spiro atoms. The number of benzene rings is 1. The molecule has 0 radical (unpaired) electrons. The Morgan fingerprint density at radius 2 is 2.09 bits per heavy atom. The lowest BCUT2D eigenvalue weighted by Gasteiger charge is -2.06. The van der Waals surface area contributed by atoms with Crippen LogP contribution in [0.15, 0.2) is 38.7 Å². The van der Waals surface area contributed by atoms with Crippen molar-refractivity contribution in [3.63, 3.8) is 0 Å². The number of H-pyrrole nitrogens is 1. The van der Waals surface area contributed by atoms with Crippen molar-refractivity contribution < 1.29 is 4.79 Å². The van der Waals surface area contributed by atoms with Gasteiger partial charge in [0, 0.05) is 15.7 Å². The summed E-state index contributed by atoms with van der Waals surface area (Å²) in [7, 11) is 0. The maximum absolute atomic E-state index is 11.9. The van der Waals surface area contributed by atoms with Gasteiger partial charge in [0.05, 0.1) is 11.4 Å². The van der Waals surface area contributed by atoms with Crippen molar-refractivity contribution in [2.75, 3.05) is 11.1 Å². The number of halogens is 1. The second-order valence-corrected chi connectivity index (χ2v) is 6.87. The molecular formula is C15H14BrN3O2S. The van der Waals surface area contributed by atoms with E-state index in [9.17, 15) is 9.59 Å². The Morgan fingerprint density at radius 3 is 2.86 bits per heavy atom. The lowest BCUT2D eigenvalue weighted by Crippen LogP contribution is -2.17. The number of nitrogens with one attached hydrogen (secondary N) is 2. The first-order chi connectivity index (χ1) is 10.6. The van der Waals surface area contributed by atoms with E-state index < -0.39 is 0 Å². The average molecular weight is 380 g/mol. The van der Waals surface area contributed by atoms with Crippen LogP contribution >= 0.6 is 27.7 Å². The first-order valence-electron chi connectivity index (χ1n) is 6.92. The molecule has 0 bridgehead atoms. The highest BCUT2D eigenvalue weighted by molar-refractivity contribution is 9.10. The van der Waals surface area contributed by atoms with E-state index in [4.69, 9.17) is 0 Å². The van der Waals surface area contributed by atoms with Gasteiger partial charge in [0.2, 0.25) is 5.91 Å². The fraction of sp³-hybridized carbons (Fsp3) is 0.267. The van der Waals surface area contributed by atoms with Gasteiger partial charge >= 0.3 is 0 Å². The zero-order chi connectivity index (χ0) is 15.5. The monoisotopic (exact) mass is 379 g/mol. The highest BCUT2D eigenvalue weighted by atomic mass is 79.9. The summed E-state index contributed by atoms with van der Waals surface area (Å²) in [5.41, 5.74) is 2.34. The third kappa shape index (κ3) is 3.59. The molecule has 1 aliphatic carbocycles. The fourth-order valence-electron chi connectivity index (χ4n) is 2.35. The average Bonchev–Trinajstić information content (AvgIpc) is 2.97. The third-order valence-electron chi connectivity index (χ3n) is 3.39. The van der Waals surface area contributed by atoms with Crippen LogP contribution in [-0.2, 0) is 17.6 Å². The Kier molecular flexibility index (Phi) is 4.63. The first-order valence-corrected chi connectivity index (χ1v) is 8.70. The number of rotatable bonds is 4. The maximum atomic E-state index is 11.9. The molecule has 1 aliphatic rings. The van der Waals surface area contributed by atoms with Crippen LogP contribution in [0.1, 0.15) is 17.7 Å². The van der Waals surface area contributed by atoms with E-state index in [-0.39, 0.29) is 17.2 Å². The summed E-state index contributed by atoms with van der Waals surface area (Å²) < 4.78 is 0.958. The second-order valence-electron chi connectivity index (χ2n) is 4.99. The Hall–Kier alpha value is -1.60. The van der Waals surface area contributed by atoms with E-state index in [1.165, 1.54) is 11.8 Å². The molecule has 22 heavy (non-hydrogen) atoms. The summed E-state index contributed by atoms with van der Waals surface area (Å²) in [5.74, 6) is 0.0769. The van der Waals surface area contributed by atoms with E-state index in [1.807, 2.05) is 24.3 Å². The molecule has 2 aromatic rings. The van der Waals surface area contributed by atoms with Gasteiger partial charge in [0.25, 0.3) is 5.56 Å². The van der Waals surface area contributed by atoms with Crippen molar-refractivity contribution in [1.29, 1.82) is 0 Å². The predicted octanol–water partition coefficient (Wildman–Crippen LogP) is 2.75. The van der Waals surface area contributed by atoms with Gasteiger partial charge < -0.3 is 10.3 Å². The second kappa shape index (κ2) is 6.66. The van der Waals surface area contributed by atoms with E-state index in [0.717, 1.165) is 40.7 Å². The minimum absolute atomic E-state index is 0.0710. The summed E-state index contributed by atoms with van der Waals surface area (Å²) in [4.78, 5) is 31.0. The van der Waals surface area contributed by atoms with Crippen molar-refractivity contribution in [1.82, 2.24) is 9.97 Å². The van der Waals surface area contributed by atoms with Gasteiger partial charge in [-0.3, -0.25) is 9.59 Å². The zero-order valence-corrected chi connectivity index (χ0v) is 14.1. The van der Waals surface area contributed by atoms with Crippen LogP contribution in [0.25, 0.3) is 0 Å². The number of thioether (sulfide) groups is 1. The Morgan fingerprint density at radius 1 is 1.32 bits per heavy atom. The Bertz CT molecular complexity index is 758. The van der Waals surface area contributed by atoms with Gasteiger partial charge in [-0.15, -0.1) is 0 Å². The van der Waals surface area contributed by atoms with Gasteiger partial charge in [0.15, 0.2) is 5.16 Å². The molecule has 1 aromatic carbocycles. The number of hydrogen-bond donors (Lipinski definition) is 2. The molecule has 3 rings (SSSR count). The molecule has 0 fully saturated rings. The topological polar surface area (TPSA) is 74.8 Å². The van der Waals surface area contributed by atoms with Gasteiger partial charge in [-0.25, -0.2) is 4.98 Å². The lowest BCUT2D eigenvalue weighted by atomic mass is 10.3. The molecule has 114 valence electrons. The van der Waals surface area contributed by atoms with E-state index in [2.05, 4.69) is 31.2 Å². The summed E-state index contributed by atoms with van der Waals surface area (Å²) in [6, 6.07) is 7.37. The number of aromatic amines is 1. The van der Waals surface area contributed by atoms with Gasteiger partial charge in [-0.2, -0.15) is 0 Å². The van der Waals surface area contributed by atoms with Crippen LogP contribution in [-0.4, -0.2) is 21.6 Å². The predicted molar refractivity (Wildman–Crippen MR) is 90.4 cm³/mol. The largest absolute Gasteiger partial charge is 0.325 e. The summed E-state index contributed by atoms with van der Waals surface area (Å²) in [6.45, 7) is 0. The molecule has 2 N–H and O–H groups in total. The van der Waals surface area contributed by atoms with E-state index >= 15 is 0 Å². The molecule has 1 aromatic heterocycles. The molecule has 0 aliphatic heterocycles. The number of hydrogen-bond acceptors (Lipinski definition) is 4.